The summed E-state index contributed by atoms with van der Waals surface area (Å²) in [6, 6.07) is 14.2. The lowest BCUT2D eigenvalue weighted by Crippen LogP contribution is -2.24. The maximum absolute atomic E-state index is 12.4. The predicted octanol–water partition coefficient (Wildman–Crippen LogP) is 3.28. The van der Waals surface area contributed by atoms with Crippen molar-refractivity contribution in [2.45, 2.75) is 20.4 Å². The van der Waals surface area contributed by atoms with Gasteiger partial charge in [-0.05, 0) is 61.4 Å². The number of aromatic nitrogens is 2. The normalized spacial score (nSPS) is 10.3. The second-order valence-corrected chi connectivity index (χ2v) is 6.19. The summed E-state index contributed by atoms with van der Waals surface area (Å²) in [6.07, 6.45) is 3.12. The fourth-order valence-electron chi connectivity index (χ4n) is 2.49. The molecule has 3 aromatic rings. The quantitative estimate of drug-likeness (QED) is 0.731. The van der Waals surface area contributed by atoms with Crippen LogP contribution >= 0.6 is 0 Å². The summed E-state index contributed by atoms with van der Waals surface area (Å²) in [4.78, 5) is 33.0. The third-order valence-electron chi connectivity index (χ3n) is 4.18. The fourth-order valence-corrected chi connectivity index (χ4v) is 2.49. The standard InChI is InChI=1S/C21H20N4O2/c1-14-6-7-17(11-15(14)2)25-21(27)19-12-16(8-10-23-19)20(26)24-13-18-5-3-4-9-22-18/h3-12H,13H2,1-2H3,(H,24,26)(H,25,27). The molecule has 0 saturated heterocycles. The van der Waals surface area contributed by atoms with Gasteiger partial charge in [0.2, 0.25) is 0 Å². The molecule has 0 aliphatic heterocycles. The van der Waals surface area contributed by atoms with Gasteiger partial charge in [-0.1, -0.05) is 12.1 Å². The smallest absolute Gasteiger partial charge is 0.274 e. The van der Waals surface area contributed by atoms with E-state index in [4.69, 9.17) is 0 Å². The van der Waals surface area contributed by atoms with Crippen molar-refractivity contribution < 1.29 is 9.59 Å². The Balaban J connectivity index is 1.67. The number of nitrogens with zero attached hydrogens (tertiary/aromatic N) is 2. The minimum Gasteiger partial charge on any atom is -0.346 e. The third kappa shape index (κ3) is 4.76. The number of anilines is 1. The van der Waals surface area contributed by atoms with Crippen LogP contribution in [0.1, 0.15) is 37.7 Å². The monoisotopic (exact) mass is 360 g/mol. The van der Waals surface area contributed by atoms with E-state index in [-0.39, 0.29) is 17.5 Å². The molecule has 2 N–H and O–H groups in total. The number of pyridine rings is 2. The zero-order valence-electron chi connectivity index (χ0n) is 15.2. The Kier molecular flexibility index (Phi) is 5.56. The van der Waals surface area contributed by atoms with E-state index in [9.17, 15) is 9.59 Å². The SMILES string of the molecule is Cc1ccc(NC(=O)c2cc(C(=O)NCc3ccccn3)ccn2)cc1C. The summed E-state index contributed by atoms with van der Waals surface area (Å²) >= 11 is 0. The first-order chi connectivity index (χ1) is 13.0. The first-order valence-corrected chi connectivity index (χ1v) is 8.56. The van der Waals surface area contributed by atoms with Crippen molar-refractivity contribution in [3.05, 3.63) is 89.0 Å². The number of aryl methyl sites for hydroxylation is 2. The van der Waals surface area contributed by atoms with E-state index in [2.05, 4.69) is 20.6 Å². The van der Waals surface area contributed by atoms with Crippen LogP contribution in [0.2, 0.25) is 0 Å². The molecule has 0 fully saturated rings. The molecule has 0 bridgehead atoms. The van der Waals surface area contributed by atoms with Crippen LogP contribution < -0.4 is 10.6 Å². The summed E-state index contributed by atoms with van der Waals surface area (Å²) < 4.78 is 0. The molecule has 0 spiro atoms. The number of carbonyl (C=O) groups excluding carboxylic acids is 2. The van der Waals surface area contributed by atoms with Gasteiger partial charge in [-0.2, -0.15) is 0 Å². The first kappa shape index (κ1) is 18.3. The van der Waals surface area contributed by atoms with E-state index in [1.807, 2.05) is 50.2 Å². The highest BCUT2D eigenvalue weighted by atomic mass is 16.2. The van der Waals surface area contributed by atoms with Crippen LogP contribution in [0.3, 0.4) is 0 Å². The van der Waals surface area contributed by atoms with Crippen LogP contribution in [-0.2, 0) is 6.54 Å². The molecule has 136 valence electrons. The van der Waals surface area contributed by atoms with E-state index >= 15 is 0 Å². The Morgan fingerprint density at radius 2 is 1.74 bits per heavy atom. The van der Waals surface area contributed by atoms with Crippen molar-refractivity contribution in [2.75, 3.05) is 5.32 Å². The molecule has 3 rings (SSSR count). The molecule has 0 aliphatic carbocycles. The number of nitrogens with one attached hydrogen (secondary N) is 2. The van der Waals surface area contributed by atoms with E-state index in [1.54, 1.807) is 12.3 Å². The number of benzene rings is 1. The molecule has 2 heterocycles. The number of carbonyl (C=O) groups is 2. The van der Waals surface area contributed by atoms with Crippen molar-refractivity contribution >= 4 is 17.5 Å². The van der Waals surface area contributed by atoms with Gasteiger partial charge in [0, 0.05) is 23.6 Å². The summed E-state index contributed by atoms with van der Waals surface area (Å²) in [5, 5.41) is 5.59. The van der Waals surface area contributed by atoms with E-state index < -0.39 is 0 Å². The highest BCUT2D eigenvalue weighted by Crippen LogP contribution is 2.15. The molecule has 0 unspecified atom stereocenters. The lowest BCUT2D eigenvalue weighted by Gasteiger charge is -2.09. The van der Waals surface area contributed by atoms with Gasteiger partial charge in [0.15, 0.2) is 0 Å². The van der Waals surface area contributed by atoms with Gasteiger partial charge in [-0.25, -0.2) is 0 Å². The highest BCUT2D eigenvalue weighted by Gasteiger charge is 2.12. The largest absolute Gasteiger partial charge is 0.346 e. The number of hydrogen-bond donors (Lipinski definition) is 2. The summed E-state index contributed by atoms with van der Waals surface area (Å²) in [5.74, 6) is -0.652. The van der Waals surface area contributed by atoms with Gasteiger partial charge in [-0.3, -0.25) is 19.6 Å². The van der Waals surface area contributed by atoms with Crippen molar-refractivity contribution in [1.29, 1.82) is 0 Å². The van der Waals surface area contributed by atoms with Crippen LogP contribution in [0.4, 0.5) is 5.69 Å². The molecule has 0 atom stereocenters. The second kappa shape index (κ2) is 8.23. The van der Waals surface area contributed by atoms with Gasteiger partial charge in [0.1, 0.15) is 5.69 Å². The molecule has 0 saturated carbocycles. The summed E-state index contributed by atoms with van der Waals surface area (Å²) in [7, 11) is 0. The first-order valence-electron chi connectivity index (χ1n) is 8.56. The van der Waals surface area contributed by atoms with Crippen molar-refractivity contribution in [3.8, 4) is 0 Å². The van der Waals surface area contributed by atoms with Crippen molar-refractivity contribution in [3.63, 3.8) is 0 Å². The predicted molar refractivity (Wildman–Crippen MR) is 104 cm³/mol. The van der Waals surface area contributed by atoms with Crippen LogP contribution in [-0.4, -0.2) is 21.8 Å². The number of hydrogen-bond acceptors (Lipinski definition) is 4. The Bertz CT molecular complexity index is 971. The fraction of sp³-hybridized carbons (Fsp3) is 0.143. The van der Waals surface area contributed by atoms with Crippen LogP contribution in [0, 0.1) is 13.8 Å². The van der Waals surface area contributed by atoms with Gasteiger partial charge in [0.05, 0.1) is 12.2 Å². The van der Waals surface area contributed by atoms with Crippen molar-refractivity contribution in [2.24, 2.45) is 0 Å². The maximum atomic E-state index is 12.4. The van der Waals surface area contributed by atoms with Crippen LogP contribution in [0.25, 0.3) is 0 Å². The zero-order chi connectivity index (χ0) is 19.2. The van der Waals surface area contributed by atoms with E-state index in [0.717, 1.165) is 16.8 Å². The molecule has 6 heteroatoms. The Labute approximate surface area is 157 Å². The minimum absolute atomic E-state index is 0.179. The Morgan fingerprint density at radius 1 is 0.889 bits per heavy atom. The Hall–Kier alpha value is -3.54. The minimum atomic E-state index is -0.363. The van der Waals surface area contributed by atoms with Crippen LogP contribution in [0.5, 0.6) is 0 Å². The molecule has 0 radical (unpaired) electrons. The van der Waals surface area contributed by atoms with Gasteiger partial charge >= 0.3 is 0 Å². The maximum Gasteiger partial charge on any atom is 0.274 e. The molecule has 0 aliphatic rings. The average molecular weight is 360 g/mol. The second-order valence-electron chi connectivity index (χ2n) is 6.19. The summed E-state index contributed by atoms with van der Waals surface area (Å²) in [5.41, 5.74) is 4.23. The molecule has 1 aromatic carbocycles. The summed E-state index contributed by atoms with van der Waals surface area (Å²) in [6.45, 7) is 4.30. The van der Waals surface area contributed by atoms with Gasteiger partial charge < -0.3 is 10.6 Å². The molecule has 2 amide bonds. The van der Waals surface area contributed by atoms with Crippen molar-refractivity contribution in [1.82, 2.24) is 15.3 Å². The lowest BCUT2D eigenvalue weighted by atomic mass is 10.1. The van der Waals surface area contributed by atoms with E-state index in [0.29, 0.717) is 17.8 Å². The molecule has 6 nitrogen and oxygen atoms in total. The zero-order valence-corrected chi connectivity index (χ0v) is 15.2. The molecule has 27 heavy (non-hydrogen) atoms. The molecule has 2 aromatic heterocycles. The van der Waals surface area contributed by atoms with Crippen LogP contribution in [0.15, 0.2) is 60.9 Å². The average Bonchev–Trinajstić information content (AvgIpc) is 2.70. The topological polar surface area (TPSA) is 84.0 Å². The Morgan fingerprint density at radius 3 is 2.48 bits per heavy atom. The molecular formula is C21H20N4O2. The lowest BCUT2D eigenvalue weighted by molar-refractivity contribution is 0.0950. The molecular weight excluding hydrogens is 340 g/mol. The highest BCUT2D eigenvalue weighted by molar-refractivity contribution is 6.04. The van der Waals surface area contributed by atoms with E-state index in [1.165, 1.54) is 12.3 Å². The van der Waals surface area contributed by atoms with Gasteiger partial charge in [0.25, 0.3) is 11.8 Å². The number of amides is 2. The van der Waals surface area contributed by atoms with Gasteiger partial charge in [-0.15, -0.1) is 0 Å². The third-order valence-corrected chi connectivity index (χ3v) is 4.18. The number of rotatable bonds is 5.